The molecule has 1 aromatic heterocycles. The maximum atomic E-state index is 11.9. The first-order chi connectivity index (χ1) is 7.50. The van der Waals surface area contributed by atoms with Crippen molar-refractivity contribution in [1.29, 1.82) is 0 Å². The number of aliphatic hydroxyl groups excluding tert-OH is 1. The van der Waals surface area contributed by atoms with Crippen LogP contribution >= 0.6 is 0 Å². The molecular weight excluding hydrogens is 222 g/mol. The first-order valence-electron chi connectivity index (χ1n) is 4.40. The van der Waals surface area contributed by atoms with Gasteiger partial charge in [0.15, 0.2) is 0 Å². The molecule has 5 nitrogen and oxygen atoms in total. The van der Waals surface area contributed by atoms with Crippen LogP contribution < -0.4 is 5.32 Å². The van der Waals surface area contributed by atoms with E-state index >= 15 is 0 Å². The van der Waals surface area contributed by atoms with Crippen molar-refractivity contribution in [2.24, 2.45) is 0 Å². The van der Waals surface area contributed by atoms with E-state index in [0.717, 1.165) is 0 Å². The van der Waals surface area contributed by atoms with Crippen molar-refractivity contribution in [2.75, 3.05) is 11.9 Å². The third-order valence-electron chi connectivity index (χ3n) is 1.79. The van der Waals surface area contributed by atoms with Crippen LogP contribution in [0.2, 0.25) is 0 Å². The zero-order valence-corrected chi connectivity index (χ0v) is 8.10. The maximum absolute atomic E-state index is 11.9. The molecule has 0 saturated heterocycles. The number of rotatable bonds is 5. The summed E-state index contributed by atoms with van der Waals surface area (Å²) in [4.78, 5) is 14.1. The second kappa shape index (κ2) is 5.36. The molecule has 0 radical (unpaired) electrons. The minimum atomic E-state index is -2.84. The lowest BCUT2D eigenvalue weighted by atomic mass is 10.3. The minimum absolute atomic E-state index is 0.198. The van der Waals surface area contributed by atoms with Gasteiger partial charge in [0.05, 0.1) is 0 Å². The van der Waals surface area contributed by atoms with Gasteiger partial charge in [-0.05, 0) is 12.1 Å². The number of hydrogen-bond acceptors (Lipinski definition) is 4. The lowest BCUT2D eigenvalue weighted by molar-refractivity contribution is 0.00384. The van der Waals surface area contributed by atoms with Gasteiger partial charge in [-0.15, -0.1) is 0 Å². The summed E-state index contributed by atoms with van der Waals surface area (Å²) in [7, 11) is 0. The molecule has 0 aliphatic carbocycles. The number of alkyl halides is 2. The van der Waals surface area contributed by atoms with Gasteiger partial charge < -0.3 is 15.5 Å². The fourth-order valence-electron chi connectivity index (χ4n) is 0.969. The highest BCUT2D eigenvalue weighted by atomic mass is 19.3. The zero-order chi connectivity index (χ0) is 12.1. The molecule has 0 amide bonds. The lowest BCUT2D eigenvalue weighted by Crippen LogP contribution is -2.26. The summed E-state index contributed by atoms with van der Waals surface area (Å²) in [5, 5.41) is 19.9. The summed E-state index contributed by atoms with van der Waals surface area (Å²) < 4.78 is 23.9. The molecule has 3 N–H and O–H groups in total. The van der Waals surface area contributed by atoms with E-state index in [2.05, 4.69) is 10.3 Å². The van der Waals surface area contributed by atoms with Crippen LogP contribution in [0.25, 0.3) is 0 Å². The van der Waals surface area contributed by atoms with Crippen LogP contribution in [-0.2, 0) is 0 Å². The Morgan fingerprint density at radius 3 is 2.81 bits per heavy atom. The Morgan fingerprint density at radius 1 is 1.56 bits per heavy atom. The maximum Gasteiger partial charge on any atom is 0.354 e. The Labute approximate surface area is 89.7 Å². The van der Waals surface area contributed by atoms with Crippen LogP contribution in [0.3, 0.4) is 0 Å². The number of carboxylic acids is 1. The Kier molecular flexibility index (Phi) is 4.12. The van der Waals surface area contributed by atoms with Crippen LogP contribution in [0.5, 0.6) is 0 Å². The topological polar surface area (TPSA) is 82.5 Å². The summed E-state index contributed by atoms with van der Waals surface area (Å²) >= 11 is 0. The predicted octanol–water partition coefficient (Wildman–Crippen LogP) is 0.818. The van der Waals surface area contributed by atoms with Crippen LogP contribution in [0.1, 0.15) is 10.5 Å². The number of anilines is 1. The molecule has 0 aromatic carbocycles. The third kappa shape index (κ3) is 3.43. The summed E-state index contributed by atoms with van der Waals surface area (Å²) in [6.07, 6.45) is -3.39. The number of carbonyl (C=O) groups is 1. The first kappa shape index (κ1) is 12.3. The Hall–Kier alpha value is -1.76. The number of nitrogens with one attached hydrogen (secondary N) is 1. The molecule has 1 rings (SSSR count). The molecule has 0 bridgehead atoms. The van der Waals surface area contributed by atoms with Crippen LogP contribution in [0.4, 0.5) is 14.5 Å². The van der Waals surface area contributed by atoms with Crippen molar-refractivity contribution in [3.8, 4) is 0 Å². The number of nitrogens with zero attached hydrogens (tertiary/aromatic N) is 1. The zero-order valence-electron chi connectivity index (χ0n) is 8.10. The molecule has 7 heteroatoms. The van der Waals surface area contributed by atoms with E-state index in [0.29, 0.717) is 5.69 Å². The smallest absolute Gasteiger partial charge is 0.354 e. The van der Waals surface area contributed by atoms with E-state index in [4.69, 9.17) is 10.2 Å². The second-order valence-electron chi connectivity index (χ2n) is 3.02. The van der Waals surface area contributed by atoms with E-state index in [-0.39, 0.29) is 12.2 Å². The second-order valence-corrected chi connectivity index (χ2v) is 3.02. The molecule has 0 saturated carbocycles. The Balaban J connectivity index is 2.61. The summed E-state index contributed by atoms with van der Waals surface area (Å²) in [6.45, 7) is -0.360. The largest absolute Gasteiger partial charge is 0.477 e. The number of aliphatic hydroxyl groups is 1. The molecule has 0 aliphatic heterocycles. The predicted molar refractivity (Wildman–Crippen MR) is 51.7 cm³/mol. The van der Waals surface area contributed by atoms with Gasteiger partial charge in [0.25, 0.3) is 6.43 Å². The van der Waals surface area contributed by atoms with Crippen molar-refractivity contribution in [3.63, 3.8) is 0 Å². The molecule has 1 heterocycles. The highest BCUT2D eigenvalue weighted by molar-refractivity contribution is 5.86. The SMILES string of the molecule is O=C(O)c1cc(NCC(O)C(F)F)ccn1. The molecule has 16 heavy (non-hydrogen) atoms. The molecule has 0 spiro atoms. The van der Waals surface area contributed by atoms with Crippen LogP contribution in [0, 0.1) is 0 Å². The van der Waals surface area contributed by atoms with Crippen molar-refractivity contribution in [1.82, 2.24) is 4.98 Å². The van der Waals surface area contributed by atoms with Crippen molar-refractivity contribution in [3.05, 3.63) is 24.0 Å². The lowest BCUT2D eigenvalue weighted by Gasteiger charge is -2.11. The molecule has 1 unspecified atom stereocenters. The fourth-order valence-corrected chi connectivity index (χ4v) is 0.969. The quantitative estimate of drug-likeness (QED) is 0.700. The normalized spacial score (nSPS) is 12.5. The fraction of sp³-hybridized carbons (Fsp3) is 0.333. The van der Waals surface area contributed by atoms with E-state index in [1.807, 2.05) is 0 Å². The number of carboxylic acid groups (broad SMARTS) is 1. The van der Waals surface area contributed by atoms with Gasteiger partial charge in [-0.2, -0.15) is 0 Å². The van der Waals surface area contributed by atoms with Gasteiger partial charge >= 0.3 is 5.97 Å². The van der Waals surface area contributed by atoms with E-state index in [1.54, 1.807) is 0 Å². The van der Waals surface area contributed by atoms with Crippen LogP contribution in [0.15, 0.2) is 18.3 Å². The third-order valence-corrected chi connectivity index (χ3v) is 1.79. The molecule has 1 atom stereocenters. The molecule has 0 fully saturated rings. The molecular formula is C9H10F2N2O3. The number of aromatic nitrogens is 1. The van der Waals surface area contributed by atoms with Gasteiger partial charge in [0.2, 0.25) is 0 Å². The monoisotopic (exact) mass is 232 g/mol. The summed E-state index contributed by atoms with van der Waals surface area (Å²) in [6, 6.07) is 2.62. The number of halogens is 2. The standard InChI is InChI=1S/C9H10F2N2O3/c10-8(11)7(14)4-13-5-1-2-12-6(3-5)9(15)16/h1-3,7-8,14H,4H2,(H,12,13)(H,15,16). The van der Waals surface area contributed by atoms with Gasteiger partial charge in [-0.25, -0.2) is 18.6 Å². The summed E-state index contributed by atoms with van der Waals surface area (Å²) in [5.74, 6) is -1.21. The molecule has 1 aromatic rings. The van der Waals surface area contributed by atoms with E-state index in [1.165, 1.54) is 18.3 Å². The van der Waals surface area contributed by atoms with Gasteiger partial charge in [0.1, 0.15) is 11.8 Å². The molecule has 88 valence electrons. The minimum Gasteiger partial charge on any atom is -0.477 e. The first-order valence-corrected chi connectivity index (χ1v) is 4.40. The van der Waals surface area contributed by atoms with Gasteiger partial charge in [0, 0.05) is 18.4 Å². The number of pyridine rings is 1. The van der Waals surface area contributed by atoms with Crippen molar-refractivity contribution >= 4 is 11.7 Å². The van der Waals surface area contributed by atoms with Crippen LogP contribution in [-0.4, -0.2) is 40.2 Å². The number of hydrogen-bond donors (Lipinski definition) is 3. The van der Waals surface area contributed by atoms with E-state index < -0.39 is 18.5 Å². The number of aromatic carboxylic acids is 1. The van der Waals surface area contributed by atoms with Crippen molar-refractivity contribution in [2.45, 2.75) is 12.5 Å². The highest BCUT2D eigenvalue weighted by Gasteiger charge is 2.16. The molecule has 0 aliphatic rings. The van der Waals surface area contributed by atoms with Crippen molar-refractivity contribution < 1.29 is 23.8 Å². The average Bonchev–Trinajstić information content (AvgIpc) is 2.26. The van der Waals surface area contributed by atoms with Gasteiger partial charge in [-0.1, -0.05) is 0 Å². The average molecular weight is 232 g/mol. The van der Waals surface area contributed by atoms with Gasteiger partial charge in [-0.3, -0.25) is 0 Å². The summed E-state index contributed by atoms with van der Waals surface area (Å²) in [5.41, 5.74) is 0.114. The van der Waals surface area contributed by atoms with E-state index in [9.17, 15) is 13.6 Å². The highest BCUT2D eigenvalue weighted by Crippen LogP contribution is 2.09. The Bertz CT molecular complexity index is 374. The Morgan fingerprint density at radius 2 is 2.25 bits per heavy atom.